The van der Waals surface area contributed by atoms with E-state index in [1.54, 1.807) is 0 Å². The number of benzene rings is 25. The lowest BCUT2D eigenvalue weighted by molar-refractivity contribution is 1.18. The van der Waals surface area contributed by atoms with E-state index in [0.717, 1.165) is 27.8 Å². The molecule has 0 saturated carbocycles. The predicted molar refractivity (Wildman–Crippen MR) is 565 cm³/mol. The van der Waals surface area contributed by atoms with Gasteiger partial charge in [0.25, 0.3) is 0 Å². The number of rotatable bonds is 6. The van der Waals surface area contributed by atoms with E-state index in [9.17, 15) is 10.5 Å². The lowest BCUT2D eigenvalue weighted by Gasteiger charge is -2.18. The highest BCUT2D eigenvalue weighted by atomic mass is 15.0. The van der Waals surface area contributed by atoms with Crippen LogP contribution >= 0.6 is 0 Å². The van der Waals surface area contributed by atoms with Gasteiger partial charge in [-0.05, 0) is 247 Å². The van der Waals surface area contributed by atoms with Crippen molar-refractivity contribution < 1.29 is 0 Å². The first-order chi connectivity index (χ1) is 65.8. The Hall–Kier alpha value is -17.7. The second-order valence-electron chi connectivity index (χ2n) is 35.4. The zero-order chi connectivity index (χ0) is 88.2. The van der Waals surface area contributed by atoms with Crippen LogP contribution in [0.2, 0.25) is 0 Å². The van der Waals surface area contributed by atoms with Gasteiger partial charge in [0.1, 0.15) is 0 Å². The highest BCUT2D eigenvalue weighted by Crippen LogP contribution is 2.53. The van der Waals surface area contributed by atoms with E-state index in [4.69, 9.17) is 0 Å². The number of nitriles is 2. The van der Waals surface area contributed by atoms with Crippen LogP contribution in [0.15, 0.2) is 443 Å². The molecule has 0 aliphatic carbocycles. The van der Waals surface area contributed by atoms with Crippen molar-refractivity contribution in [3.63, 3.8) is 0 Å². The Morgan fingerprint density at radius 1 is 0.180 bits per heavy atom. The minimum atomic E-state index is 0.645. The monoisotopic (exact) mass is 1690 g/mol. The van der Waals surface area contributed by atoms with Crippen molar-refractivity contribution in [1.29, 1.82) is 10.5 Å². The molecule has 0 N–H and O–H groups in total. The van der Waals surface area contributed by atoms with Gasteiger partial charge in [-0.1, -0.05) is 357 Å². The average molecular weight is 1690 g/mol. The molecule has 0 fully saturated rings. The summed E-state index contributed by atoms with van der Waals surface area (Å²) in [6.45, 7) is 4.30. The number of nitrogens with zero attached hydrogens (tertiary/aromatic N) is 5. The molecule has 0 saturated heterocycles. The summed E-state index contributed by atoms with van der Waals surface area (Å²) in [5, 5.41) is 59.2. The van der Waals surface area contributed by atoms with Gasteiger partial charge >= 0.3 is 0 Å². The maximum atomic E-state index is 9.42. The SMILES string of the molecule is Cc1ccc(-c2cc3c4ccccc4c4c(c5ccccc5n4-c4ccc(C)cc4)c3c3ccccc23)cc1.N#Cc1ccc(-c2cc3c4ccccc4c4c(c5ccccc5n4-c4ccc(C#N)cc4)c3c3ccccc23)cc1.c1ccc2c(c1)cc(-c1cc3c4ccccc4c4c(c5ccccc5n4-c4cc5ccccc5c5ccccc45)c3c3ccccc13)c1ccccc12. The van der Waals surface area contributed by atoms with Gasteiger partial charge in [-0.15, -0.1) is 0 Å². The molecule has 616 valence electrons. The van der Waals surface area contributed by atoms with Crippen molar-refractivity contribution in [2.45, 2.75) is 13.8 Å². The Kier molecular flexibility index (Phi) is 17.5. The number of aryl methyl sites for hydroxylation is 2. The van der Waals surface area contributed by atoms with Crippen molar-refractivity contribution in [2.75, 3.05) is 0 Å². The van der Waals surface area contributed by atoms with Crippen molar-refractivity contribution in [3.05, 3.63) is 465 Å². The van der Waals surface area contributed by atoms with Crippen LogP contribution in [0.4, 0.5) is 0 Å². The first-order valence-corrected chi connectivity index (χ1v) is 45.6. The Bertz CT molecular complexity index is 9930. The van der Waals surface area contributed by atoms with Crippen LogP contribution in [0, 0.1) is 36.5 Å². The Morgan fingerprint density at radius 3 is 0.842 bits per heavy atom. The van der Waals surface area contributed by atoms with E-state index in [1.807, 2.05) is 48.5 Å². The fraction of sp³-hybridized carbons (Fsp3) is 0.0156. The molecule has 25 aromatic carbocycles. The minimum Gasteiger partial charge on any atom is -0.309 e. The largest absolute Gasteiger partial charge is 0.309 e. The van der Waals surface area contributed by atoms with E-state index in [-0.39, 0.29) is 0 Å². The molecule has 28 aromatic rings. The molecule has 5 heteroatoms. The standard InChI is InChI=1S/C52H31N.C38H21N3.C38H27N/c1-3-17-34-32(15-1)29-45(38-21-6-5-19-36(34)38)46-31-47-40-23-9-12-26-43(40)52-51(50(47)42-25-11-8-22-39(42)46)44-27-13-14-28-48(44)53(52)49-30-33-16-2-4-18-35(33)37-20-7-10-24-41(37)49;39-22-24-13-17-26(18-14-24)33-21-34-29-8-2-4-10-31(29)38-37(36(34)30-9-3-1-7-28(30)33)32-11-5-6-12-35(32)41(38)27-19-15-25(23-40)16-20-27;1-24-15-19-26(20-16-24)33-23-34-29-10-4-6-12-31(29)38-37(36(34)30-11-5-3-9-28(30)33)32-13-7-8-14-35(32)39(38)27-21-17-25(2)18-22-27/h1-31H;1-21H;3-23H,1-2H3. The summed E-state index contributed by atoms with van der Waals surface area (Å²) >= 11 is 0. The summed E-state index contributed by atoms with van der Waals surface area (Å²) in [6.07, 6.45) is 0. The molecule has 28 rings (SSSR count). The van der Waals surface area contributed by atoms with Gasteiger partial charge < -0.3 is 13.7 Å². The minimum absolute atomic E-state index is 0.645. The molecule has 3 heterocycles. The van der Waals surface area contributed by atoms with E-state index in [0.29, 0.717) is 11.1 Å². The normalized spacial score (nSPS) is 11.8. The Labute approximate surface area is 765 Å². The molecule has 0 bridgehead atoms. The van der Waals surface area contributed by atoms with Gasteiger partial charge in [0, 0.05) is 81.4 Å². The van der Waals surface area contributed by atoms with Crippen LogP contribution in [0.1, 0.15) is 22.3 Å². The molecule has 0 radical (unpaired) electrons. The van der Waals surface area contributed by atoms with Crippen LogP contribution in [0.5, 0.6) is 0 Å². The Morgan fingerprint density at radius 2 is 0.436 bits per heavy atom. The van der Waals surface area contributed by atoms with Gasteiger partial charge in [-0.2, -0.15) is 10.5 Å². The lowest BCUT2D eigenvalue weighted by atomic mass is 9.86. The first kappa shape index (κ1) is 76.5. The van der Waals surface area contributed by atoms with Gasteiger partial charge in [0.2, 0.25) is 0 Å². The van der Waals surface area contributed by atoms with Crippen LogP contribution < -0.4 is 0 Å². The zero-order valence-corrected chi connectivity index (χ0v) is 72.9. The van der Waals surface area contributed by atoms with Gasteiger partial charge in [-0.3, -0.25) is 0 Å². The summed E-state index contributed by atoms with van der Waals surface area (Å²) in [4.78, 5) is 0. The third kappa shape index (κ3) is 11.8. The summed E-state index contributed by atoms with van der Waals surface area (Å²) in [5.41, 5.74) is 21.9. The highest BCUT2D eigenvalue weighted by Gasteiger charge is 2.28. The summed E-state index contributed by atoms with van der Waals surface area (Å²) < 4.78 is 7.37. The summed E-state index contributed by atoms with van der Waals surface area (Å²) in [7, 11) is 0. The topological polar surface area (TPSA) is 62.4 Å². The van der Waals surface area contributed by atoms with Crippen molar-refractivity contribution in [1.82, 2.24) is 13.7 Å². The van der Waals surface area contributed by atoms with E-state index < -0.39 is 0 Å². The Balaban J connectivity index is 0.000000106. The number of hydrogen-bond acceptors (Lipinski definition) is 2. The summed E-state index contributed by atoms with van der Waals surface area (Å²) in [5.74, 6) is 0. The van der Waals surface area contributed by atoms with Gasteiger partial charge in [0.15, 0.2) is 0 Å². The molecule has 133 heavy (non-hydrogen) atoms. The fourth-order valence-corrected chi connectivity index (χ4v) is 22.4. The molecule has 5 nitrogen and oxygen atoms in total. The predicted octanol–water partition coefficient (Wildman–Crippen LogP) is 34.7. The second kappa shape index (κ2) is 30.5. The van der Waals surface area contributed by atoms with Crippen LogP contribution in [-0.4, -0.2) is 13.7 Å². The molecule has 3 aromatic heterocycles. The van der Waals surface area contributed by atoms with Crippen molar-refractivity contribution in [3.8, 4) is 62.6 Å². The second-order valence-corrected chi connectivity index (χ2v) is 35.4. The number of aromatic nitrogens is 3. The maximum absolute atomic E-state index is 9.42. The van der Waals surface area contributed by atoms with Crippen LogP contribution in [-0.2, 0) is 0 Å². The number of para-hydroxylation sites is 3. The quantitative estimate of drug-likeness (QED) is 0.156. The smallest absolute Gasteiger partial charge is 0.0991 e. The lowest BCUT2D eigenvalue weighted by Crippen LogP contribution is -1.97. The van der Waals surface area contributed by atoms with E-state index in [2.05, 4.69) is 434 Å². The number of hydrogen-bond donors (Lipinski definition) is 0. The average Bonchev–Trinajstić information content (AvgIpc) is 1.56. The zero-order valence-electron chi connectivity index (χ0n) is 72.9. The van der Waals surface area contributed by atoms with Crippen molar-refractivity contribution >= 4 is 205 Å². The highest BCUT2D eigenvalue weighted by molar-refractivity contribution is 6.42. The fourth-order valence-electron chi connectivity index (χ4n) is 22.4. The third-order valence-corrected chi connectivity index (χ3v) is 28.2. The van der Waals surface area contributed by atoms with Crippen LogP contribution in [0.25, 0.3) is 256 Å². The molecule has 0 aliphatic rings. The summed E-state index contributed by atoms with van der Waals surface area (Å²) in [6, 6.07) is 165. The van der Waals surface area contributed by atoms with Crippen molar-refractivity contribution in [2.24, 2.45) is 0 Å². The first-order valence-electron chi connectivity index (χ1n) is 45.6. The van der Waals surface area contributed by atoms with Gasteiger partial charge in [0.05, 0.1) is 62.1 Å². The maximum Gasteiger partial charge on any atom is 0.0991 e. The molecular weight excluding hydrogens is 1610 g/mol. The van der Waals surface area contributed by atoms with E-state index in [1.165, 1.54) is 239 Å². The number of fused-ring (bicyclic) bond motifs is 36. The molecule has 0 atom stereocenters. The molecule has 0 aliphatic heterocycles. The molecule has 0 unspecified atom stereocenters. The van der Waals surface area contributed by atoms with Crippen LogP contribution in [0.3, 0.4) is 0 Å². The third-order valence-electron chi connectivity index (χ3n) is 28.2. The molecule has 0 spiro atoms. The molecule has 0 amide bonds. The molecular formula is C128H79N5. The van der Waals surface area contributed by atoms with Gasteiger partial charge in [-0.25, -0.2) is 0 Å². The van der Waals surface area contributed by atoms with E-state index >= 15 is 0 Å².